The second kappa shape index (κ2) is 7.60. The van der Waals surface area contributed by atoms with E-state index >= 15 is 0 Å². The zero-order valence-corrected chi connectivity index (χ0v) is 17.1. The number of nitrogens with one attached hydrogen (secondary N) is 1. The first kappa shape index (κ1) is 19.6. The Bertz CT molecular complexity index is 1230. The maximum Gasteiger partial charge on any atom is 0.242 e. The molecule has 154 valence electrons. The van der Waals surface area contributed by atoms with Crippen LogP contribution in [0.15, 0.2) is 42.6 Å². The van der Waals surface area contributed by atoms with Crippen LogP contribution < -0.4 is 16.8 Å². The van der Waals surface area contributed by atoms with E-state index in [4.69, 9.17) is 16.6 Å². The van der Waals surface area contributed by atoms with E-state index in [1.807, 2.05) is 50.2 Å². The van der Waals surface area contributed by atoms with Crippen molar-refractivity contribution in [1.82, 2.24) is 24.5 Å². The van der Waals surface area contributed by atoms with Crippen LogP contribution in [-0.4, -0.2) is 36.5 Å². The molecule has 0 fully saturated rings. The zero-order valence-electron chi connectivity index (χ0n) is 17.1. The number of rotatable bonds is 5. The molecule has 1 aromatic carbocycles. The number of carbonyl (C=O) groups is 1. The molecule has 0 spiro atoms. The van der Waals surface area contributed by atoms with Crippen molar-refractivity contribution in [2.24, 2.45) is 12.8 Å². The van der Waals surface area contributed by atoms with Crippen molar-refractivity contribution in [1.29, 1.82) is 0 Å². The molecule has 0 bridgehead atoms. The molecule has 0 aliphatic rings. The van der Waals surface area contributed by atoms with Crippen LogP contribution >= 0.6 is 0 Å². The van der Waals surface area contributed by atoms with Gasteiger partial charge >= 0.3 is 0 Å². The summed E-state index contributed by atoms with van der Waals surface area (Å²) in [5.41, 5.74) is 15.8. The number of aromatic nitrogens is 5. The molecular weight excluding hydrogens is 380 g/mol. The summed E-state index contributed by atoms with van der Waals surface area (Å²) >= 11 is 0. The maximum absolute atomic E-state index is 12.5. The number of aryl methyl sites for hydroxylation is 1. The van der Waals surface area contributed by atoms with E-state index in [2.05, 4.69) is 15.4 Å². The summed E-state index contributed by atoms with van der Waals surface area (Å²) in [6, 6.07) is 10.9. The van der Waals surface area contributed by atoms with Crippen molar-refractivity contribution in [2.45, 2.75) is 26.3 Å². The van der Waals surface area contributed by atoms with Crippen molar-refractivity contribution in [3.63, 3.8) is 0 Å². The number of benzene rings is 1. The monoisotopic (exact) mass is 404 g/mol. The minimum Gasteiger partial charge on any atom is -0.382 e. The Morgan fingerprint density at radius 1 is 1.23 bits per heavy atom. The highest BCUT2D eigenvalue weighted by Gasteiger charge is 2.22. The van der Waals surface area contributed by atoms with Gasteiger partial charge in [-0.25, -0.2) is 14.3 Å². The van der Waals surface area contributed by atoms with Crippen molar-refractivity contribution in [3.05, 3.63) is 48.2 Å². The number of fused-ring (bicyclic) bond motifs is 1. The van der Waals surface area contributed by atoms with Gasteiger partial charge in [0.05, 0.1) is 22.8 Å². The van der Waals surface area contributed by atoms with Crippen molar-refractivity contribution in [3.8, 4) is 16.9 Å². The average Bonchev–Trinajstić information content (AvgIpc) is 3.24. The number of hydrogen-bond donors (Lipinski definition) is 3. The third kappa shape index (κ3) is 3.29. The lowest BCUT2D eigenvalue weighted by Gasteiger charge is -2.13. The molecule has 0 aliphatic carbocycles. The Morgan fingerprint density at radius 3 is 2.67 bits per heavy atom. The third-order valence-corrected chi connectivity index (χ3v) is 5.12. The normalized spacial score (nSPS) is 12.3. The van der Waals surface area contributed by atoms with Crippen LogP contribution in [0.25, 0.3) is 28.0 Å². The van der Waals surface area contributed by atoms with Gasteiger partial charge in [0, 0.05) is 24.4 Å². The van der Waals surface area contributed by atoms with Crippen LogP contribution in [0.2, 0.25) is 0 Å². The van der Waals surface area contributed by atoms with Crippen LogP contribution in [0.5, 0.6) is 0 Å². The summed E-state index contributed by atoms with van der Waals surface area (Å²) in [6.45, 7) is 3.78. The summed E-state index contributed by atoms with van der Waals surface area (Å²) in [7, 11) is 1.80. The fourth-order valence-electron chi connectivity index (χ4n) is 3.36. The van der Waals surface area contributed by atoms with Crippen LogP contribution in [0.3, 0.4) is 0 Å². The van der Waals surface area contributed by atoms with Crippen molar-refractivity contribution in [2.75, 3.05) is 11.1 Å². The summed E-state index contributed by atoms with van der Waals surface area (Å²) in [5.74, 6) is 0.725. The maximum atomic E-state index is 12.5. The smallest absolute Gasteiger partial charge is 0.242 e. The Hall–Kier alpha value is -3.72. The molecule has 0 saturated carbocycles. The number of nitrogen functional groups attached to an aromatic ring is 1. The van der Waals surface area contributed by atoms with Crippen LogP contribution in [0.1, 0.15) is 18.9 Å². The van der Waals surface area contributed by atoms with E-state index in [0.717, 1.165) is 22.2 Å². The van der Waals surface area contributed by atoms with Crippen LogP contribution in [0, 0.1) is 6.92 Å². The number of hydrogen-bond acceptors (Lipinski definition) is 6. The molecule has 5 N–H and O–H groups in total. The van der Waals surface area contributed by atoms with Gasteiger partial charge in [-0.2, -0.15) is 10.2 Å². The first-order chi connectivity index (χ1) is 14.4. The van der Waals surface area contributed by atoms with Gasteiger partial charge in [-0.1, -0.05) is 25.1 Å². The molecule has 1 amide bonds. The predicted molar refractivity (Wildman–Crippen MR) is 117 cm³/mol. The van der Waals surface area contributed by atoms with Gasteiger partial charge in [-0.3, -0.25) is 4.79 Å². The van der Waals surface area contributed by atoms with Gasteiger partial charge in [0.2, 0.25) is 5.91 Å². The van der Waals surface area contributed by atoms with Crippen molar-refractivity contribution < 1.29 is 4.79 Å². The molecule has 30 heavy (non-hydrogen) atoms. The summed E-state index contributed by atoms with van der Waals surface area (Å²) in [6.07, 6.45) is 2.27. The lowest BCUT2D eigenvalue weighted by atomic mass is 10.1. The molecule has 3 heterocycles. The molecule has 3 aromatic heterocycles. The van der Waals surface area contributed by atoms with E-state index < -0.39 is 6.04 Å². The molecule has 0 saturated heterocycles. The van der Waals surface area contributed by atoms with Gasteiger partial charge in [-0.15, -0.1) is 0 Å². The topological polar surface area (TPSA) is 130 Å². The van der Waals surface area contributed by atoms with E-state index in [1.54, 1.807) is 22.6 Å². The molecule has 4 rings (SSSR count). The quantitative estimate of drug-likeness (QED) is 0.468. The Morgan fingerprint density at radius 2 is 1.97 bits per heavy atom. The number of nitrogens with zero attached hydrogens (tertiary/aromatic N) is 5. The Kier molecular flexibility index (Phi) is 4.96. The predicted octanol–water partition coefficient (Wildman–Crippen LogP) is 2.39. The standard InChI is InChI=1S/C21H24N8O/c1-4-16(22)21(30)25-19-12(2)17(26-29(19)14-8-6-5-7-9-14)13-10-15-18(23)27-28(3)20(15)24-11-13/h5-11,16H,4,22H2,1-3H3,(H2,23,27)(H,25,30). The van der Waals surface area contributed by atoms with Gasteiger partial charge in [-0.05, 0) is 31.5 Å². The van der Waals surface area contributed by atoms with E-state index in [9.17, 15) is 4.79 Å². The minimum absolute atomic E-state index is 0.255. The fraction of sp³-hybridized carbons (Fsp3) is 0.238. The highest BCUT2D eigenvalue weighted by atomic mass is 16.2. The molecular formula is C21H24N8O. The summed E-state index contributed by atoms with van der Waals surface area (Å²) < 4.78 is 3.35. The van der Waals surface area contributed by atoms with Gasteiger partial charge in [0.15, 0.2) is 11.5 Å². The van der Waals surface area contributed by atoms with Crippen molar-refractivity contribution >= 4 is 28.6 Å². The van der Waals surface area contributed by atoms with Gasteiger partial charge in [0.25, 0.3) is 0 Å². The zero-order chi connectivity index (χ0) is 21.4. The minimum atomic E-state index is -0.597. The second-order valence-corrected chi connectivity index (χ2v) is 7.18. The second-order valence-electron chi connectivity index (χ2n) is 7.18. The molecule has 0 aliphatic heterocycles. The molecule has 4 aromatic rings. The number of anilines is 2. The van der Waals surface area contributed by atoms with E-state index in [-0.39, 0.29) is 5.91 Å². The number of para-hydroxylation sites is 1. The number of pyridine rings is 1. The first-order valence-corrected chi connectivity index (χ1v) is 9.70. The van der Waals surface area contributed by atoms with E-state index in [1.165, 1.54) is 0 Å². The summed E-state index contributed by atoms with van der Waals surface area (Å²) in [5, 5.41) is 12.7. The van der Waals surface area contributed by atoms with Crippen LogP contribution in [0.4, 0.5) is 11.6 Å². The molecule has 0 radical (unpaired) electrons. The summed E-state index contributed by atoms with van der Waals surface area (Å²) in [4.78, 5) is 17.0. The molecule has 9 heteroatoms. The lowest BCUT2D eigenvalue weighted by molar-refractivity contribution is -0.117. The number of carbonyl (C=O) groups excluding carboxylic acids is 1. The van der Waals surface area contributed by atoms with Gasteiger partial charge < -0.3 is 16.8 Å². The Labute approximate surface area is 173 Å². The first-order valence-electron chi connectivity index (χ1n) is 9.70. The molecule has 1 unspecified atom stereocenters. The number of nitrogens with two attached hydrogens (primary N) is 2. The van der Waals surface area contributed by atoms with E-state index in [0.29, 0.717) is 29.4 Å². The highest BCUT2D eigenvalue weighted by Crippen LogP contribution is 2.32. The average molecular weight is 404 g/mol. The largest absolute Gasteiger partial charge is 0.382 e. The third-order valence-electron chi connectivity index (χ3n) is 5.12. The fourth-order valence-corrected chi connectivity index (χ4v) is 3.36. The van der Waals surface area contributed by atoms with Crippen LogP contribution in [-0.2, 0) is 11.8 Å². The number of amides is 1. The SMILES string of the molecule is CCC(N)C(=O)Nc1c(C)c(-c2cnc3c(c2)c(N)nn3C)nn1-c1ccccc1. The lowest BCUT2D eigenvalue weighted by Crippen LogP contribution is -2.35. The highest BCUT2D eigenvalue weighted by molar-refractivity contribution is 5.96. The Balaban J connectivity index is 1.87. The van der Waals surface area contributed by atoms with Gasteiger partial charge in [0.1, 0.15) is 5.82 Å². The molecule has 1 atom stereocenters. The molecule has 9 nitrogen and oxygen atoms in total.